The summed E-state index contributed by atoms with van der Waals surface area (Å²) in [6.07, 6.45) is 5.92. The Kier molecular flexibility index (Phi) is 7.91. The highest BCUT2D eigenvalue weighted by atomic mass is 16.7. The highest BCUT2D eigenvalue weighted by molar-refractivity contribution is 6.37. The van der Waals surface area contributed by atoms with Gasteiger partial charge < -0.3 is 25.4 Å². The first kappa shape index (κ1) is 26.2. The Labute approximate surface area is 220 Å². The molecule has 10 nitrogen and oxygen atoms in total. The number of nitrogens with two attached hydrogens (primary N) is 1. The van der Waals surface area contributed by atoms with Gasteiger partial charge in [0.15, 0.2) is 11.5 Å². The van der Waals surface area contributed by atoms with E-state index in [1.165, 1.54) is 25.5 Å². The van der Waals surface area contributed by atoms with Crippen LogP contribution in [0.2, 0.25) is 0 Å². The molecular formula is C28H29N5O5. The van der Waals surface area contributed by atoms with Gasteiger partial charge in [0.2, 0.25) is 6.79 Å². The second-order valence-corrected chi connectivity index (χ2v) is 8.62. The van der Waals surface area contributed by atoms with Gasteiger partial charge in [-0.05, 0) is 68.2 Å². The molecule has 0 aromatic heterocycles. The van der Waals surface area contributed by atoms with Crippen LogP contribution in [0, 0.1) is 0 Å². The molecule has 1 aliphatic heterocycles. The maximum absolute atomic E-state index is 12.9. The molecule has 0 saturated heterocycles. The second kappa shape index (κ2) is 11.5. The standard InChI is InChI=1S/C28H29N5O5/c1-5-19(12-13-30-36-4)28(35)31-21-9-8-20-7-6-17(2)26(23(20)14-21)33(32-18(3)27(29)34)22-10-11-24-25(15-22)38-16-37-24/h5,8-15H,1,6-7,16H2,2-4H3,(H2,29,34)(H,31,35)/b19-12+,30-13+,32-18+. The molecule has 196 valence electrons. The lowest BCUT2D eigenvalue weighted by atomic mass is 9.89. The molecule has 10 heteroatoms. The van der Waals surface area contributed by atoms with Crippen LogP contribution in [0.1, 0.15) is 31.4 Å². The van der Waals surface area contributed by atoms with Crippen molar-refractivity contribution in [2.45, 2.75) is 26.7 Å². The predicted octanol–water partition coefficient (Wildman–Crippen LogP) is 4.14. The predicted molar refractivity (Wildman–Crippen MR) is 147 cm³/mol. The van der Waals surface area contributed by atoms with Crippen LogP contribution in [-0.2, 0) is 20.8 Å². The fourth-order valence-corrected chi connectivity index (χ4v) is 4.12. The Bertz CT molecular complexity index is 1410. The van der Waals surface area contributed by atoms with E-state index in [0.717, 1.165) is 35.2 Å². The first-order valence-electron chi connectivity index (χ1n) is 11.9. The third-order valence-electron chi connectivity index (χ3n) is 6.12. The van der Waals surface area contributed by atoms with Crippen molar-refractivity contribution in [2.75, 3.05) is 24.2 Å². The van der Waals surface area contributed by atoms with Crippen LogP contribution in [-0.4, -0.2) is 37.6 Å². The molecule has 0 atom stereocenters. The summed E-state index contributed by atoms with van der Waals surface area (Å²) >= 11 is 0. The van der Waals surface area contributed by atoms with E-state index in [1.807, 2.05) is 37.3 Å². The average Bonchev–Trinajstić information content (AvgIpc) is 3.38. The molecule has 0 bridgehead atoms. The number of carbonyl (C=O) groups excluding carboxylic acids is 2. The van der Waals surface area contributed by atoms with Gasteiger partial charge in [0.05, 0.1) is 17.6 Å². The van der Waals surface area contributed by atoms with Crippen LogP contribution in [0.15, 0.2) is 76.5 Å². The van der Waals surface area contributed by atoms with E-state index in [-0.39, 0.29) is 18.4 Å². The number of anilines is 2. The summed E-state index contributed by atoms with van der Waals surface area (Å²) in [5.74, 6) is 0.226. The van der Waals surface area contributed by atoms with Crippen LogP contribution in [0.25, 0.3) is 5.70 Å². The SMILES string of the molecule is C=C/C(=C\C=N\OC)C(=O)Nc1ccc2c(c1)C(N(/N=C(\C)C(N)=O)c1ccc3c(c1)OCO3)=C(C)CC2. The molecule has 38 heavy (non-hydrogen) atoms. The molecule has 4 rings (SSSR count). The summed E-state index contributed by atoms with van der Waals surface area (Å²) in [5.41, 5.74) is 11.0. The van der Waals surface area contributed by atoms with E-state index in [4.69, 9.17) is 15.2 Å². The van der Waals surface area contributed by atoms with Gasteiger partial charge in [0, 0.05) is 22.9 Å². The molecule has 0 unspecified atom stereocenters. The quantitative estimate of drug-likeness (QED) is 0.224. The van der Waals surface area contributed by atoms with Crippen LogP contribution in [0.4, 0.5) is 11.4 Å². The topological polar surface area (TPSA) is 128 Å². The zero-order valence-electron chi connectivity index (χ0n) is 21.5. The van der Waals surface area contributed by atoms with Crippen molar-refractivity contribution >= 4 is 40.8 Å². The van der Waals surface area contributed by atoms with Crippen molar-refractivity contribution in [3.8, 4) is 11.5 Å². The summed E-state index contributed by atoms with van der Waals surface area (Å²) < 4.78 is 11.0. The maximum atomic E-state index is 12.9. The second-order valence-electron chi connectivity index (χ2n) is 8.62. The number of primary amides is 1. The summed E-state index contributed by atoms with van der Waals surface area (Å²) in [6.45, 7) is 7.42. The lowest BCUT2D eigenvalue weighted by Gasteiger charge is -2.30. The molecule has 1 heterocycles. The summed E-state index contributed by atoms with van der Waals surface area (Å²) in [6, 6.07) is 11.2. The largest absolute Gasteiger partial charge is 0.454 e. The molecular weight excluding hydrogens is 486 g/mol. The lowest BCUT2D eigenvalue weighted by Crippen LogP contribution is -2.27. The molecule has 0 radical (unpaired) electrons. The number of ether oxygens (including phenoxy) is 2. The number of nitrogens with zero attached hydrogens (tertiary/aromatic N) is 3. The molecule has 2 aromatic carbocycles. The van der Waals surface area contributed by atoms with Gasteiger partial charge in [-0.25, -0.2) is 5.01 Å². The van der Waals surface area contributed by atoms with Crippen LogP contribution >= 0.6 is 0 Å². The van der Waals surface area contributed by atoms with Gasteiger partial charge in [0.25, 0.3) is 11.8 Å². The number of nitrogens with one attached hydrogen (secondary N) is 1. The molecule has 0 spiro atoms. The summed E-state index contributed by atoms with van der Waals surface area (Å²) in [7, 11) is 1.42. The maximum Gasteiger partial charge on any atom is 0.264 e. The van der Waals surface area contributed by atoms with Gasteiger partial charge >= 0.3 is 0 Å². The van der Waals surface area contributed by atoms with Gasteiger partial charge in [-0.3, -0.25) is 9.59 Å². The number of hydrogen-bond donors (Lipinski definition) is 2. The number of oxime groups is 1. The van der Waals surface area contributed by atoms with E-state index in [9.17, 15) is 9.59 Å². The van der Waals surface area contributed by atoms with Crippen LogP contribution in [0.3, 0.4) is 0 Å². The normalized spacial score (nSPS) is 14.8. The van der Waals surface area contributed by atoms with E-state index in [1.54, 1.807) is 18.0 Å². The highest BCUT2D eigenvalue weighted by Crippen LogP contribution is 2.41. The summed E-state index contributed by atoms with van der Waals surface area (Å²) in [5, 5.41) is 12.8. The van der Waals surface area contributed by atoms with Crippen molar-refractivity contribution in [2.24, 2.45) is 16.0 Å². The zero-order chi connectivity index (χ0) is 27.2. The molecule has 2 aromatic rings. The van der Waals surface area contributed by atoms with Crippen molar-refractivity contribution in [3.05, 3.63) is 77.4 Å². The number of carbonyl (C=O) groups is 2. The molecule has 3 N–H and O–H groups in total. The monoisotopic (exact) mass is 515 g/mol. The molecule has 2 aliphatic rings. The van der Waals surface area contributed by atoms with Crippen molar-refractivity contribution < 1.29 is 23.9 Å². The van der Waals surface area contributed by atoms with E-state index in [0.29, 0.717) is 28.4 Å². The highest BCUT2D eigenvalue weighted by Gasteiger charge is 2.26. The Hall–Kier alpha value is -4.86. The van der Waals surface area contributed by atoms with Gasteiger partial charge in [-0.2, -0.15) is 5.10 Å². The lowest BCUT2D eigenvalue weighted by molar-refractivity contribution is -0.113. The van der Waals surface area contributed by atoms with Crippen molar-refractivity contribution in [1.29, 1.82) is 0 Å². The molecule has 2 amide bonds. The van der Waals surface area contributed by atoms with Gasteiger partial charge in [-0.15, -0.1) is 0 Å². The smallest absolute Gasteiger partial charge is 0.264 e. The number of hydrazone groups is 1. The third kappa shape index (κ3) is 5.59. The fraction of sp³-hybridized carbons (Fsp3) is 0.214. The van der Waals surface area contributed by atoms with E-state index >= 15 is 0 Å². The van der Waals surface area contributed by atoms with Crippen molar-refractivity contribution in [1.82, 2.24) is 0 Å². The first-order chi connectivity index (χ1) is 18.3. The van der Waals surface area contributed by atoms with Crippen LogP contribution in [0.5, 0.6) is 11.5 Å². The number of benzene rings is 2. The molecule has 0 saturated carbocycles. The Morgan fingerprint density at radius 1 is 1.16 bits per heavy atom. The number of amides is 2. The Balaban J connectivity index is 1.77. The zero-order valence-corrected chi connectivity index (χ0v) is 21.5. The van der Waals surface area contributed by atoms with Gasteiger partial charge in [0.1, 0.15) is 12.8 Å². The Morgan fingerprint density at radius 3 is 2.68 bits per heavy atom. The Morgan fingerprint density at radius 2 is 1.95 bits per heavy atom. The number of allylic oxidation sites excluding steroid dienone is 2. The number of fused-ring (bicyclic) bond motifs is 2. The minimum atomic E-state index is -0.633. The fourth-order valence-electron chi connectivity index (χ4n) is 4.12. The molecule has 1 aliphatic carbocycles. The minimum Gasteiger partial charge on any atom is -0.454 e. The van der Waals surface area contributed by atoms with E-state index < -0.39 is 5.91 Å². The first-order valence-corrected chi connectivity index (χ1v) is 11.9. The number of aryl methyl sites for hydroxylation is 1. The molecule has 0 fully saturated rings. The number of rotatable bonds is 9. The van der Waals surface area contributed by atoms with Crippen molar-refractivity contribution in [3.63, 3.8) is 0 Å². The summed E-state index contributed by atoms with van der Waals surface area (Å²) in [4.78, 5) is 29.5. The number of hydrogen-bond acceptors (Lipinski definition) is 8. The van der Waals surface area contributed by atoms with Gasteiger partial charge in [-0.1, -0.05) is 23.9 Å². The third-order valence-corrected chi connectivity index (χ3v) is 6.12. The average molecular weight is 516 g/mol. The van der Waals surface area contributed by atoms with E-state index in [2.05, 4.69) is 27.0 Å². The minimum absolute atomic E-state index is 0.133. The van der Waals surface area contributed by atoms with Crippen LogP contribution < -0.4 is 25.5 Å².